The summed E-state index contributed by atoms with van der Waals surface area (Å²) in [4.78, 5) is 9.39. The fourth-order valence-electron chi connectivity index (χ4n) is 3.13. The van der Waals surface area contributed by atoms with Crippen LogP contribution in [0.15, 0.2) is 6.20 Å². The molecule has 2 unspecified atom stereocenters. The molecule has 0 spiro atoms. The van der Waals surface area contributed by atoms with Crippen molar-refractivity contribution < 1.29 is 4.74 Å². The predicted octanol–water partition coefficient (Wildman–Crippen LogP) is 3.57. The van der Waals surface area contributed by atoms with Gasteiger partial charge in [-0.25, -0.2) is 9.97 Å². The fourth-order valence-corrected chi connectivity index (χ4v) is 3.13. The molecule has 1 aromatic heterocycles. The van der Waals surface area contributed by atoms with Gasteiger partial charge >= 0.3 is 0 Å². The van der Waals surface area contributed by atoms with Crippen LogP contribution in [-0.2, 0) is 11.2 Å². The standard InChI is InChI=1S/C17H29N3O/c1-7-21-14(16(2,3)4)15-19-10-11-12(18)8-17(5,6)9-13(11)20-15/h10,12,14H,7-9,18H2,1-6H3. The molecule has 2 atom stereocenters. The van der Waals surface area contributed by atoms with E-state index >= 15 is 0 Å². The number of fused-ring (bicyclic) bond motifs is 1. The molecule has 2 rings (SSSR count). The Hall–Kier alpha value is -1.00. The first-order valence-corrected chi connectivity index (χ1v) is 7.87. The first-order chi connectivity index (χ1) is 9.64. The van der Waals surface area contributed by atoms with Gasteiger partial charge in [-0.15, -0.1) is 0 Å². The third-order valence-electron chi connectivity index (χ3n) is 4.09. The summed E-state index contributed by atoms with van der Waals surface area (Å²) in [7, 11) is 0. The van der Waals surface area contributed by atoms with Crippen LogP contribution in [0, 0.1) is 10.8 Å². The van der Waals surface area contributed by atoms with E-state index in [1.54, 1.807) is 0 Å². The molecule has 2 N–H and O–H groups in total. The van der Waals surface area contributed by atoms with Crippen LogP contribution in [0.25, 0.3) is 0 Å². The number of rotatable bonds is 3. The lowest BCUT2D eigenvalue weighted by Crippen LogP contribution is -2.32. The van der Waals surface area contributed by atoms with Crippen LogP contribution in [0.1, 0.15) is 77.2 Å². The van der Waals surface area contributed by atoms with Gasteiger partial charge in [0.1, 0.15) is 6.10 Å². The molecule has 0 amide bonds. The lowest BCUT2D eigenvalue weighted by atomic mass is 9.74. The van der Waals surface area contributed by atoms with E-state index in [0.717, 1.165) is 29.9 Å². The van der Waals surface area contributed by atoms with Crippen molar-refractivity contribution in [3.05, 3.63) is 23.3 Å². The number of hydrogen-bond donors (Lipinski definition) is 1. The smallest absolute Gasteiger partial charge is 0.157 e. The van der Waals surface area contributed by atoms with E-state index < -0.39 is 0 Å². The van der Waals surface area contributed by atoms with Gasteiger partial charge in [0.15, 0.2) is 5.82 Å². The van der Waals surface area contributed by atoms with Gasteiger partial charge in [0.05, 0.1) is 0 Å². The highest BCUT2D eigenvalue weighted by atomic mass is 16.5. The average Bonchev–Trinajstić information content (AvgIpc) is 2.32. The van der Waals surface area contributed by atoms with Gasteiger partial charge in [0.25, 0.3) is 0 Å². The Morgan fingerprint density at radius 2 is 2.10 bits per heavy atom. The molecule has 118 valence electrons. The highest BCUT2D eigenvalue weighted by molar-refractivity contribution is 5.26. The molecule has 1 aromatic rings. The molecule has 0 bridgehead atoms. The molecule has 1 aliphatic carbocycles. The molecular formula is C17H29N3O. The quantitative estimate of drug-likeness (QED) is 0.924. The van der Waals surface area contributed by atoms with E-state index in [1.165, 1.54) is 0 Å². The normalized spacial score (nSPS) is 22.7. The second-order valence-corrected chi connectivity index (χ2v) is 7.98. The van der Waals surface area contributed by atoms with E-state index in [0.29, 0.717) is 6.61 Å². The first kappa shape index (κ1) is 16.4. The van der Waals surface area contributed by atoms with Crippen molar-refractivity contribution in [3.8, 4) is 0 Å². The molecule has 21 heavy (non-hydrogen) atoms. The zero-order valence-electron chi connectivity index (χ0n) is 14.2. The number of hydrogen-bond acceptors (Lipinski definition) is 4. The molecule has 0 aliphatic heterocycles. The third kappa shape index (κ3) is 3.61. The van der Waals surface area contributed by atoms with Crippen molar-refractivity contribution in [3.63, 3.8) is 0 Å². The third-order valence-corrected chi connectivity index (χ3v) is 4.09. The summed E-state index contributed by atoms with van der Waals surface area (Å²) in [6, 6.07) is 0.0398. The fraction of sp³-hybridized carbons (Fsp3) is 0.765. The van der Waals surface area contributed by atoms with Crippen LogP contribution in [-0.4, -0.2) is 16.6 Å². The highest BCUT2D eigenvalue weighted by Crippen LogP contribution is 2.40. The second kappa shape index (κ2) is 5.65. The molecule has 4 nitrogen and oxygen atoms in total. The maximum atomic E-state index is 6.28. The number of ether oxygens (including phenoxy) is 1. The van der Waals surface area contributed by atoms with Crippen LogP contribution in [0.5, 0.6) is 0 Å². The molecule has 0 aromatic carbocycles. The summed E-state index contributed by atoms with van der Waals surface area (Å²) >= 11 is 0. The van der Waals surface area contributed by atoms with Gasteiger partial charge in [-0.1, -0.05) is 34.6 Å². The Balaban J connectivity index is 2.40. The molecule has 0 radical (unpaired) electrons. The summed E-state index contributed by atoms with van der Waals surface area (Å²) in [5, 5.41) is 0. The van der Waals surface area contributed by atoms with E-state index in [-0.39, 0.29) is 23.0 Å². The Bertz CT molecular complexity index is 505. The Morgan fingerprint density at radius 1 is 1.43 bits per heavy atom. The van der Waals surface area contributed by atoms with Crippen LogP contribution >= 0.6 is 0 Å². The molecule has 0 saturated heterocycles. The van der Waals surface area contributed by atoms with Gasteiger partial charge in [-0.05, 0) is 30.6 Å². The monoisotopic (exact) mass is 291 g/mol. The molecule has 4 heteroatoms. The summed E-state index contributed by atoms with van der Waals surface area (Å²) in [6.45, 7) is 13.6. The summed E-state index contributed by atoms with van der Waals surface area (Å²) in [5.41, 5.74) is 8.64. The Morgan fingerprint density at radius 3 is 2.67 bits per heavy atom. The molecular weight excluding hydrogens is 262 g/mol. The van der Waals surface area contributed by atoms with Crippen LogP contribution < -0.4 is 5.73 Å². The number of nitrogens with two attached hydrogens (primary N) is 1. The van der Waals surface area contributed by atoms with Crippen molar-refractivity contribution in [1.82, 2.24) is 9.97 Å². The summed E-state index contributed by atoms with van der Waals surface area (Å²) < 4.78 is 5.91. The van der Waals surface area contributed by atoms with Crippen molar-refractivity contribution in [2.24, 2.45) is 16.6 Å². The highest BCUT2D eigenvalue weighted by Gasteiger charge is 2.34. The maximum absolute atomic E-state index is 6.28. The molecule has 1 aliphatic rings. The summed E-state index contributed by atoms with van der Waals surface area (Å²) in [5.74, 6) is 0.785. The van der Waals surface area contributed by atoms with Gasteiger partial charge in [0, 0.05) is 30.1 Å². The average molecular weight is 291 g/mol. The van der Waals surface area contributed by atoms with Gasteiger partial charge in [-0.3, -0.25) is 0 Å². The number of nitrogens with zero attached hydrogens (tertiary/aromatic N) is 2. The lowest BCUT2D eigenvalue weighted by Gasteiger charge is -2.35. The molecule has 1 heterocycles. The van der Waals surface area contributed by atoms with Crippen LogP contribution in [0.3, 0.4) is 0 Å². The molecule has 0 saturated carbocycles. The van der Waals surface area contributed by atoms with E-state index in [1.807, 2.05) is 13.1 Å². The van der Waals surface area contributed by atoms with Gasteiger partial charge < -0.3 is 10.5 Å². The van der Waals surface area contributed by atoms with E-state index in [9.17, 15) is 0 Å². The van der Waals surface area contributed by atoms with Crippen molar-refractivity contribution in [2.75, 3.05) is 6.61 Å². The topological polar surface area (TPSA) is 61.0 Å². The van der Waals surface area contributed by atoms with Gasteiger partial charge in [0.2, 0.25) is 0 Å². The minimum atomic E-state index is -0.0888. The zero-order chi connectivity index (χ0) is 15.8. The SMILES string of the molecule is CCOC(c1ncc2c(n1)CC(C)(C)CC2N)C(C)(C)C. The first-order valence-electron chi connectivity index (χ1n) is 7.87. The lowest BCUT2D eigenvalue weighted by molar-refractivity contribution is -0.0194. The van der Waals surface area contributed by atoms with Crippen molar-refractivity contribution in [1.29, 1.82) is 0 Å². The summed E-state index contributed by atoms with van der Waals surface area (Å²) in [6.07, 6.45) is 3.76. The Labute approximate surface area is 128 Å². The largest absolute Gasteiger partial charge is 0.370 e. The van der Waals surface area contributed by atoms with Crippen molar-refractivity contribution >= 4 is 0 Å². The van der Waals surface area contributed by atoms with Crippen molar-refractivity contribution in [2.45, 2.75) is 66.5 Å². The van der Waals surface area contributed by atoms with Gasteiger partial charge in [-0.2, -0.15) is 0 Å². The van der Waals surface area contributed by atoms with E-state index in [4.69, 9.17) is 15.5 Å². The second-order valence-electron chi connectivity index (χ2n) is 7.98. The number of aromatic nitrogens is 2. The maximum Gasteiger partial charge on any atom is 0.157 e. The predicted molar refractivity (Wildman–Crippen MR) is 84.9 cm³/mol. The minimum absolute atomic E-state index is 0.0312. The van der Waals surface area contributed by atoms with Crippen LogP contribution in [0.4, 0.5) is 0 Å². The van der Waals surface area contributed by atoms with Crippen LogP contribution in [0.2, 0.25) is 0 Å². The van der Waals surface area contributed by atoms with E-state index in [2.05, 4.69) is 39.6 Å². The Kier molecular flexibility index (Phi) is 4.41. The zero-order valence-corrected chi connectivity index (χ0v) is 14.2. The minimum Gasteiger partial charge on any atom is -0.370 e. The molecule has 0 fully saturated rings.